The molecule has 1 rings (SSSR count). The molecule has 1 fully saturated rings. The van der Waals surface area contributed by atoms with Crippen LogP contribution in [-0.2, 0) is 14.3 Å². The molecule has 0 unspecified atom stereocenters. The Morgan fingerprint density at radius 2 is 2.25 bits per heavy atom. The van der Waals surface area contributed by atoms with Gasteiger partial charge in [0.2, 0.25) is 5.91 Å². The second-order valence-corrected chi connectivity index (χ2v) is 3.54. The van der Waals surface area contributed by atoms with Crippen LogP contribution >= 0.6 is 12.4 Å². The van der Waals surface area contributed by atoms with Gasteiger partial charge in [-0.05, 0) is 19.9 Å². The van der Waals surface area contributed by atoms with Crippen molar-refractivity contribution in [1.29, 1.82) is 0 Å². The van der Waals surface area contributed by atoms with Gasteiger partial charge in [0.15, 0.2) is 0 Å². The van der Waals surface area contributed by atoms with E-state index in [1.54, 1.807) is 6.92 Å². The fourth-order valence-corrected chi connectivity index (χ4v) is 1.54. The maximum Gasteiger partial charge on any atom is 0.307 e. The smallest absolute Gasteiger partial charge is 0.307 e. The van der Waals surface area contributed by atoms with Crippen molar-refractivity contribution in [1.82, 2.24) is 10.6 Å². The molecular weight excluding hydrogens is 232 g/mol. The van der Waals surface area contributed by atoms with Gasteiger partial charge < -0.3 is 15.4 Å². The first-order chi connectivity index (χ1) is 7.24. The molecular formula is C10H19ClN2O3. The Bertz CT molecular complexity index is 230. The number of nitrogens with one attached hydrogen (secondary N) is 2. The maximum absolute atomic E-state index is 11.5. The summed E-state index contributed by atoms with van der Waals surface area (Å²) in [6, 6.07) is 0. The molecule has 6 heteroatoms. The zero-order valence-electron chi connectivity index (χ0n) is 9.45. The number of amides is 1. The minimum absolute atomic E-state index is 0. The van der Waals surface area contributed by atoms with Crippen LogP contribution in [0.1, 0.15) is 19.8 Å². The SMILES string of the molecule is CCOC(=O)CCNC(=O)[C@@H]1CCNC1.Cl. The summed E-state index contributed by atoms with van der Waals surface area (Å²) < 4.78 is 4.75. The van der Waals surface area contributed by atoms with Crippen LogP contribution < -0.4 is 10.6 Å². The fraction of sp³-hybridized carbons (Fsp3) is 0.800. The van der Waals surface area contributed by atoms with Gasteiger partial charge in [-0.2, -0.15) is 0 Å². The summed E-state index contributed by atoms with van der Waals surface area (Å²) >= 11 is 0. The molecule has 94 valence electrons. The van der Waals surface area contributed by atoms with Gasteiger partial charge in [0.05, 0.1) is 18.9 Å². The van der Waals surface area contributed by atoms with Gasteiger partial charge in [-0.1, -0.05) is 0 Å². The lowest BCUT2D eigenvalue weighted by Crippen LogP contribution is -2.33. The number of carbonyl (C=O) groups is 2. The summed E-state index contributed by atoms with van der Waals surface area (Å²) in [7, 11) is 0. The Balaban J connectivity index is 0.00000225. The van der Waals surface area contributed by atoms with Gasteiger partial charge in [-0.3, -0.25) is 9.59 Å². The second-order valence-electron chi connectivity index (χ2n) is 3.54. The second kappa shape index (κ2) is 8.35. The Kier molecular flexibility index (Phi) is 7.93. The molecule has 0 aromatic carbocycles. The molecule has 0 aromatic heterocycles. The lowest BCUT2D eigenvalue weighted by molar-refractivity contribution is -0.143. The van der Waals surface area contributed by atoms with E-state index in [9.17, 15) is 9.59 Å². The van der Waals surface area contributed by atoms with Crippen LogP contribution in [-0.4, -0.2) is 38.1 Å². The highest BCUT2D eigenvalue weighted by atomic mass is 35.5. The highest BCUT2D eigenvalue weighted by Crippen LogP contribution is 2.06. The zero-order chi connectivity index (χ0) is 11.1. The molecule has 1 aliphatic rings. The van der Waals surface area contributed by atoms with Gasteiger partial charge in [-0.15, -0.1) is 12.4 Å². The highest BCUT2D eigenvalue weighted by molar-refractivity contribution is 5.85. The molecule has 0 aromatic rings. The average Bonchev–Trinajstić information content (AvgIpc) is 2.70. The molecule has 0 radical (unpaired) electrons. The van der Waals surface area contributed by atoms with Crippen molar-refractivity contribution in [3.63, 3.8) is 0 Å². The van der Waals surface area contributed by atoms with Crippen molar-refractivity contribution in [2.24, 2.45) is 5.92 Å². The first-order valence-electron chi connectivity index (χ1n) is 5.38. The standard InChI is InChI=1S/C10H18N2O3.ClH/c1-2-15-9(13)4-6-12-10(14)8-3-5-11-7-8;/h8,11H,2-7H2,1H3,(H,12,14);1H/t8-;/m1./s1. The summed E-state index contributed by atoms with van der Waals surface area (Å²) in [5, 5.41) is 5.85. The van der Waals surface area contributed by atoms with Crippen LogP contribution in [0.25, 0.3) is 0 Å². The Morgan fingerprint density at radius 1 is 1.50 bits per heavy atom. The molecule has 1 aliphatic heterocycles. The van der Waals surface area contributed by atoms with E-state index < -0.39 is 0 Å². The van der Waals surface area contributed by atoms with Gasteiger partial charge in [0, 0.05) is 13.1 Å². The number of ether oxygens (including phenoxy) is 1. The summed E-state index contributed by atoms with van der Waals surface area (Å²) in [5.41, 5.74) is 0. The molecule has 1 atom stereocenters. The number of halogens is 1. The third kappa shape index (κ3) is 5.32. The molecule has 5 nitrogen and oxygen atoms in total. The first kappa shape index (κ1) is 15.2. The molecule has 0 aliphatic carbocycles. The highest BCUT2D eigenvalue weighted by Gasteiger charge is 2.21. The minimum atomic E-state index is -0.262. The molecule has 0 saturated carbocycles. The summed E-state index contributed by atoms with van der Waals surface area (Å²) in [5.74, 6) is -0.168. The molecule has 1 heterocycles. The third-order valence-electron chi connectivity index (χ3n) is 2.36. The monoisotopic (exact) mass is 250 g/mol. The van der Waals surface area contributed by atoms with Gasteiger partial charge in [-0.25, -0.2) is 0 Å². The minimum Gasteiger partial charge on any atom is -0.466 e. The van der Waals surface area contributed by atoms with Crippen LogP contribution in [0.3, 0.4) is 0 Å². The molecule has 1 saturated heterocycles. The van der Waals surface area contributed by atoms with E-state index in [2.05, 4.69) is 10.6 Å². The van der Waals surface area contributed by atoms with Gasteiger partial charge in [0.25, 0.3) is 0 Å². The predicted molar refractivity (Wildman–Crippen MR) is 62.5 cm³/mol. The average molecular weight is 251 g/mol. The van der Waals surface area contributed by atoms with Crippen molar-refractivity contribution in [2.75, 3.05) is 26.2 Å². The van der Waals surface area contributed by atoms with Crippen LogP contribution in [0.2, 0.25) is 0 Å². The lowest BCUT2D eigenvalue weighted by Gasteiger charge is -2.09. The largest absolute Gasteiger partial charge is 0.466 e. The molecule has 0 spiro atoms. The van der Waals surface area contributed by atoms with Crippen molar-refractivity contribution < 1.29 is 14.3 Å². The van der Waals surface area contributed by atoms with E-state index in [0.29, 0.717) is 13.2 Å². The normalized spacial score (nSPS) is 18.7. The first-order valence-corrected chi connectivity index (χ1v) is 5.38. The van der Waals surface area contributed by atoms with Crippen LogP contribution in [0.15, 0.2) is 0 Å². The van der Waals surface area contributed by atoms with E-state index in [4.69, 9.17) is 4.74 Å². The van der Waals surface area contributed by atoms with Crippen molar-refractivity contribution in [3.05, 3.63) is 0 Å². The van der Waals surface area contributed by atoms with E-state index in [1.807, 2.05) is 0 Å². The number of hydrogen-bond acceptors (Lipinski definition) is 4. The van der Waals surface area contributed by atoms with E-state index in [1.165, 1.54) is 0 Å². The van der Waals surface area contributed by atoms with Gasteiger partial charge >= 0.3 is 5.97 Å². The summed E-state index contributed by atoms with van der Waals surface area (Å²) in [6.45, 7) is 4.16. The molecule has 1 amide bonds. The third-order valence-corrected chi connectivity index (χ3v) is 2.36. The zero-order valence-corrected chi connectivity index (χ0v) is 10.3. The van der Waals surface area contributed by atoms with Crippen molar-refractivity contribution >= 4 is 24.3 Å². The molecule has 16 heavy (non-hydrogen) atoms. The topological polar surface area (TPSA) is 67.4 Å². The number of hydrogen-bond donors (Lipinski definition) is 2. The van der Waals surface area contributed by atoms with E-state index in [-0.39, 0.29) is 36.6 Å². The number of esters is 1. The summed E-state index contributed by atoms with van der Waals surface area (Å²) in [4.78, 5) is 22.4. The van der Waals surface area contributed by atoms with Crippen molar-refractivity contribution in [2.45, 2.75) is 19.8 Å². The maximum atomic E-state index is 11.5. The quantitative estimate of drug-likeness (QED) is 0.679. The Hall–Kier alpha value is -0.810. The van der Waals surface area contributed by atoms with Crippen LogP contribution in [0, 0.1) is 5.92 Å². The molecule has 2 N–H and O–H groups in total. The van der Waals surface area contributed by atoms with E-state index >= 15 is 0 Å². The van der Waals surface area contributed by atoms with Crippen molar-refractivity contribution in [3.8, 4) is 0 Å². The van der Waals surface area contributed by atoms with E-state index in [0.717, 1.165) is 19.5 Å². The van der Waals surface area contributed by atoms with Gasteiger partial charge in [0.1, 0.15) is 0 Å². The number of carbonyl (C=O) groups excluding carboxylic acids is 2. The summed E-state index contributed by atoms with van der Waals surface area (Å²) in [6.07, 6.45) is 1.13. The van der Waals surface area contributed by atoms with Crippen LogP contribution in [0.4, 0.5) is 0 Å². The Morgan fingerprint density at radius 3 is 2.81 bits per heavy atom. The van der Waals surface area contributed by atoms with Crippen LogP contribution in [0.5, 0.6) is 0 Å². The Labute approximate surface area is 102 Å². The lowest BCUT2D eigenvalue weighted by atomic mass is 10.1. The number of rotatable bonds is 5. The molecule has 0 bridgehead atoms. The predicted octanol–water partition coefficient (Wildman–Crippen LogP) is 0.0871. The fourth-order valence-electron chi connectivity index (χ4n) is 1.54.